The normalized spacial score (nSPS) is 17.4. The summed E-state index contributed by atoms with van der Waals surface area (Å²) in [4.78, 5) is 28.7. The van der Waals surface area contributed by atoms with Gasteiger partial charge in [-0.3, -0.25) is 9.69 Å². The van der Waals surface area contributed by atoms with Crippen LogP contribution in [0.2, 0.25) is 0 Å². The fourth-order valence-corrected chi connectivity index (χ4v) is 4.35. The summed E-state index contributed by atoms with van der Waals surface area (Å²) in [6.45, 7) is 6.30. The smallest absolute Gasteiger partial charge is 0.273 e. The van der Waals surface area contributed by atoms with Gasteiger partial charge >= 0.3 is 0 Å². The Morgan fingerprint density at radius 2 is 1.70 bits per heavy atom. The molecule has 0 saturated carbocycles. The van der Waals surface area contributed by atoms with Gasteiger partial charge in [-0.2, -0.15) is 0 Å². The highest BCUT2D eigenvalue weighted by Crippen LogP contribution is 2.27. The Morgan fingerprint density at radius 1 is 1.00 bits per heavy atom. The highest BCUT2D eigenvalue weighted by molar-refractivity contribution is 6.05. The minimum Gasteiger partial charge on any atom is -0.368 e. The molecule has 1 aromatic heterocycles. The molecule has 7 heteroatoms. The van der Waals surface area contributed by atoms with Crippen LogP contribution in [-0.4, -0.2) is 63.8 Å². The van der Waals surface area contributed by atoms with Crippen molar-refractivity contribution in [3.05, 3.63) is 64.8 Å². The summed E-state index contributed by atoms with van der Waals surface area (Å²) in [6.07, 6.45) is 0. The molecule has 0 radical (unpaired) electrons. The Kier molecular flexibility index (Phi) is 4.84. The molecule has 0 atom stereocenters. The van der Waals surface area contributed by atoms with E-state index in [-0.39, 0.29) is 11.9 Å². The summed E-state index contributed by atoms with van der Waals surface area (Å²) >= 11 is 0. The maximum Gasteiger partial charge on any atom is 0.273 e. The molecule has 0 unspecified atom stereocenters. The van der Waals surface area contributed by atoms with Gasteiger partial charge in [-0.05, 0) is 35.9 Å². The molecule has 2 aliphatic heterocycles. The largest absolute Gasteiger partial charge is 0.368 e. The second-order valence-electron chi connectivity index (χ2n) is 8.29. The molecule has 154 valence electrons. The van der Waals surface area contributed by atoms with E-state index < -0.39 is 0 Å². The van der Waals surface area contributed by atoms with Gasteiger partial charge in [0.05, 0.1) is 5.52 Å². The molecule has 1 fully saturated rings. The molecule has 5 rings (SSSR count). The van der Waals surface area contributed by atoms with Gasteiger partial charge in [0.25, 0.3) is 5.91 Å². The number of piperazine rings is 1. The second-order valence-corrected chi connectivity index (χ2v) is 8.29. The summed E-state index contributed by atoms with van der Waals surface area (Å²) < 4.78 is 0. The maximum absolute atomic E-state index is 13.4. The van der Waals surface area contributed by atoms with Crippen LogP contribution >= 0.6 is 0 Å². The molecule has 7 nitrogen and oxygen atoms in total. The molecular formula is C23H26N6O. The van der Waals surface area contributed by atoms with Crippen molar-refractivity contribution in [3.63, 3.8) is 0 Å². The van der Waals surface area contributed by atoms with Crippen LogP contribution in [0.25, 0.3) is 10.9 Å². The molecule has 30 heavy (non-hydrogen) atoms. The van der Waals surface area contributed by atoms with Gasteiger partial charge in [-0.25, -0.2) is 9.97 Å². The van der Waals surface area contributed by atoms with E-state index >= 15 is 0 Å². The van der Waals surface area contributed by atoms with Gasteiger partial charge in [0.1, 0.15) is 5.69 Å². The van der Waals surface area contributed by atoms with E-state index in [0.29, 0.717) is 24.3 Å². The summed E-state index contributed by atoms with van der Waals surface area (Å²) in [5, 5.41) is 0.775. The maximum atomic E-state index is 13.4. The van der Waals surface area contributed by atoms with Crippen LogP contribution in [0.5, 0.6) is 0 Å². The lowest BCUT2D eigenvalue weighted by Crippen LogP contribution is -2.43. The second kappa shape index (κ2) is 7.66. The average molecular weight is 403 g/mol. The molecule has 1 amide bonds. The molecule has 2 N–H and O–H groups in total. The lowest BCUT2D eigenvalue weighted by atomic mass is 10.1. The van der Waals surface area contributed by atoms with Crippen LogP contribution in [0, 0.1) is 0 Å². The number of rotatable bonds is 3. The van der Waals surface area contributed by atoms with Gasteiger partial charge in [-0.15, -0.1) is 0 Å². The number of likely N-dealkylation sites (N-methyl/N-ethyl adjacent to an activating group) is 1. The monoisotopic (exact) mass is 402 g/mol. The van der Waals surface area contributed by atoms with E-state index in [9.17, 15) is 4.79 Å². The first kappa shape index (κ1) is 19.0. The molecule has 2 aromatic carbocycles. The average Bonchev–Trinajstić information content (AvgIpc) is 3.19. The SMILES string of the molecule is CN1CCN(Cc2ccc3nc(N)nc(C(=O)N4Cc5ccccc5C4)c3c2)CC1. The molecular weight excluding hydrogens is 376 g/mol. The lowest BCUT2D eigenvalue weighted by Gasteiger charge is -2.32. The fourth-order valence-electron chi connectivity index (χ4n) is 4.35. The quantitative estimate of drug-likeness (QED) is 0.723. The Labute approximate surface area is 176 Å². The van der Waals surface area contributed by atoms with Crippen molar-refractivity contribution in [1.29, 1.82) is 0 Å². The Morgan fingerprint density at radius 3 is 2.40 bits per heavy atom. The highest BCUT2D eigenvalue weighted by Gasteiger charge is 2.27. The van der Waals surface area contributed by atoms with Crippen molar-refractivity contribution >= 4 is 22.8 Å². The minimum absolute atomic E-state index is 0.0953. The third-order valence-electron chi connectivity index (χ3n) is 6.11. The standard InChI is InChI=1S/C23H26N6O/c1-27-8-10-28(11-9-27)13-16-6-7-20-19(12-16)21(26-23(24)25-20)22(30)29-14-17-4-2-3-5-18(17)15-29/h2-7,12H,8-11,13-15H2,1H3,(H2,24,25,26). The zero-order chi connectivity index (χ0) is 20.7. The Balaban J connectivity index is 1.44. The van der Waals surface area contributed by atoms with E-state index in [1.807, 2.05) is 23.1 Å². The van der Waals surface area contributed by atoms with Gasteiger partial charge in [0.2, 0.25) is 5.95 Å². The molecule has 3 heterocycles. The first-order valence-corrected chi connectivity index (χ1v) is 10.4. The predicted octanol–water partition coefficient (Wildman–Crippen LogP) is 2.12. The van der Waals surface area contributed by atoms with Gasteiger partial charge in [-0.1, -0.05) is 30.3 Å². The summed E-state index contributed by atoms with van der Waals surface area (Å²) in [7, 11) is 2.16. The predicted molar refractivity (Wildman–Crippen MR) is 117 cm³/mol. The van der Waals surface area contributed by atoms with E-state index in [1.165, 1.54) is 16.7 Å². The van der Waals surface area contributed by atoms with Gasteiger partial charge < -0.3 is 15.5 Å². The third kappa shape index (κ3) is 3.62. The number of carbonyl (C=O) groups is 1. The van der Waals surface area contributed by atoms with E-state index in [4.69, 9.17) is 5.73 Å². The van der Waals surface area contributed by atoms with Gasteiger partial charge in [0.15, 0.2) is 0 Å². The molecule has 2 aliphatic rings. The number of nitrogen functional groups attached to an aromatic ring is 1. The highest BCUT2D eigenvalue weighted by atomic mass is 16.2. The number of hydrogen-bond donors (Lipinski definition) is 1. The topological polar surface area (TPSA) is 78.6 Å². The van der Waals surface area contributed by atoms with Crippen molar-refractivity contribution in [2.75, 3.05) is 39.0 Å². The molecule has 0 spiro atoms. The van der Waals surface area contributed by atoms with Crippen molar-refractivity contribution in [3.8, 4) is 0 Å². The number of carbonyl (C=O) groups excluding carboxylic acids is 1. The van der Waals surface area contributed by atoms with Crippen LogP contribution in [0.4, 0.5) is 5.95 Å². The Bertz CT molecular complexity index is 1080. The van der Waals surface area contributed by atoms with Gasteiger partial charge in [0, 0.05) is 51.2 Å². The van der Waals surface area contributed by atoms with E-state index in [2.05, 4.69) is 51.1 Å². The van der Waals surface area contributed by atoms with Crippen molar-refractivity contribution in [1.82, 2.24) is 24.7 Å². The fraction of sp³-hybridized carbons (Fsp3) is 0.348. The van der Waals surface area contributed by atoms with Crippen LogP contribution in [0.1, 0.15) is 27.2 Å². The van der Waals surface area contributed by atoms with Crippen molar-refractivity contribution in [2.45, 2.75) is 19.6 Å². The summed E-state index contributed by atoms with van der Waals surface area (Å²) in [6, 6.07) is 14.3. The zero-order valence-electron chi connectivity index (χ0n) is 17.2. The lowest BCUT2D eigenvalue weighted by molar-refractivity contribution is 0.0747. The number of aromatic nitrogens is 2. The third-order valence-corrected chi connectivity index (χ3v) is 6.11. The Hall–Kier alpha value is -3.03. The number of nitrogens with zero attached hydrogens (tertiary/aromatic N) is 5. The number of hydrogen-bond acceptors (Lipinski definition) is 6. The first-order valence-electron chi connectivity index (χ1n) is 10.4. The summed E-state index contributed by atoms with van der Waals surface area (Å²) in [5.74, 6) is 0.0384. The molecule has 0 bridgehead atoms. The van der Waals surface area contributed by atoms with Crippen LogP contribution in [0.15, 0.2) is 42.5 Å². The van der Waals surface area contributed by atoms with E-state index in [0.717, 1.165) is 38.1 Å². The number of amides is 1. The van der Waals surface area contributed by atoms with Crippen molar-refractivity contribution < 1.29 is 4.79 Å². The van der Waals surface area contributed by atoms with Crippen LogP contribution in [0.3, 0.4) is 0 Å². The van der Waals surface area contributed by atoms with Crippen LogP contribution < -0.4 is 5.73 Å². The number of nitrogens with two attached hydrogens (primary N) is 1. The van der Waals surface area contributed by atoms with Crippen molar-refractivity contribution in [2.24, 2.45) is 0 Å². The van der Waals surface area contributed by atoms with E-state index in [1.54, 1.807) is 0 Å². The number of fused-ring (bicyclic) bond motifs is 2. The first-order chi connectivity index (χ1) is 14.6. The number of benzene rings is 2. The zero-order valence-corrected chi connectivity index (χ0v) is 17.2. The van der Waals surface area contributed by atoms with Crippen LogP contribution in [-0.2, 0) is 19.6 Å². The summed E-state index contributed by atoms with van der Waals surface area (Å²) in [5.41, 5.74) is 10.6. The molecule has 1 saturated heterocycles. The number of anilines is 1. The minimum atomic E-state index is -0.0953. The molecule has 3 aromatic rings. The molecule has 0 aliphatic carbocycles.